The highest BCUT2D eigenvalue weighted by Gasteiger charge is 2.34. The van der Waals surface area contributed by atoms with Crippen molar-refractivity contribution in [3.8, 4) is 0 Å². The van der Waals surface area contributed by atoms with Crippen LogP contribution in [0.2, 0.25) is 0 Å². The van der Waals surface area contributed by atoms with Crippen LogP contribution in [0.3, 0.4) is 0 Å². The van der Waals surface area contributed by atoms with Gasteiger partial charge in [-0.25, -0.2) is 16.8 Å². The van der Waals surface area contributed by atoms with Crippen LogP contribution in [0, 0.1) is 13.8 Å². The van der Waals surface area contributed by atoms with Crippen molar-refractivity contribution in [1.29, 1.82) is 0 Å². The van der Waals surface area contributed by atoms with Gasteiger partial charge in [0.2, 0.25) is 10.0 Å². The van der Waals surface area contributed by atoms with Crippen molar-refractivity contribution in [2.45, 2.75) is 31.2 Å². The quantitative estimate of drug-likeness (QED) is 0.764. The SMILES string of the molecule is Cc1nn([C@@H]2CCS(=O)(=O)C2)c(C)c1S(=O)(=O)N(C)CCO. The molecular weight excluding hydrogens is 330 g/mol. The maximum Gasteiger partial charge on any atom is 0.246 e. The van der Waals surface area contributed by atoms with Crippen LogP contribution < -0.4 is 0 Å². The Bertz CT molecular complexity index is 767. The number of nitrogens with zero attached hydrogens (tertiary/aromatic N) is 3. The highest BCUT2D eigenvalue weighted by Crippen LogP contribution is 2.29. The summed E-state index contributed by atoms with van der Waals surface area (Å²) in [6.07, 6.45) is 0.441. The molecule has 0 bridgehead atoms. The van der Waals surface area contributed by atoms with Crippen LogP contribution in [-0.4, -0.2) is 67.7 Å². The van der Waals surface area contributed by atoms with E-state index in [0.717, 1.165) is 4.31 Å². The van der Waals surface area contributed by atoms with E-state index in [1.807, 2.05) is 0 Å². The number of aliphatic hydroxyl groups excluding tert-OH is 1. The Hall–Kier alpha value is -0.970. The summed E-state index contributed by atoms with van der Waals surface area (Å²) < 4.78 is 50.9. The van der Waals surface area contributed by atoms with Crippen LogP contribution in [-0.2, 0) is 19.9 Å². The van der Waals surface area contributed by atoms with Crippen LogP contribution >= 0.6 is 0 Å². The fourth-order valence-electron chi connectivity index (χ4n) is 2.76. The second-order valence-electron chi connectivity index (χ2n) is 5.55. The van der Waals surface area contributed by atoms with E-state index in [1.165, 1.54) is 11.7 Å². The molecule has 8 nitrogen and oxygen atoms in total. The molecule has 2 heterocycles. The number of aromatic nitrogens is 2. The van der Waals surface area contributed by atoms with Gasteiger partial charge in [-0.1, -0.05) is 0 Å². The van der Waals surface area contributed by atoms with Gasteiger partial charge in [0.25, 0.3) is 0 Å². The van der Waals surface area contributed by atoms with E-state index < -0.39 is 19.9 Å². The third kappa shape index (κ3) is 3.05. The molecule has 1 aliphatic heterocycles. The molecule has 1 N–H and O–H groups in total. The number of aliphatic hydroxyl groups is 1. The van der Waals surface area contributed by atoms with E-state index >= 15 is 0 Å². The predicted octanol–water partition coefficient (Wildman–Crippen LogP) is -0.528. The third-order valence-electron chi connectivity index (χ3n) is 3.90. The summed E-state index contributed by atoms with van der Waals surface area (Å²) in [6, 6.07) is -0.323. The number of sulfonamides is 1. The molecule has 22 heavy (non-hydrogen) atoms. The number of sulfone groups is 1. The fourth-order valence-corrected chi connectivity index (χ4v) is 5.97. The Balaban J connectivity index is 2.44. The highest BCUT2D eigenvalue weighted by molar-refractivity contribution is 7.91. The number of hydrogen-bond acceptors (Lipinski definition) is 6. The molecule has 10 heteroatoms. The molecule has 1 aromatic rings. The topological polar surface area (TPSA) is 110 Å². The molecule has 0 radical (unpaired) electrons. The standard InChI is InChI=1S/C12H21N3O5S2/c1-9-12(22(19,20)14(3)5-6-16)10(2)15(13-9)11-4-7-21(17,18)8-11/h11,16H,4-8H2,1-3H3/t11-/m1/s1. The average Bonchev–Trinajstić information content (AvgIpc) is 2.89. The summed E-state index contributed by atoms with van der Waals surface area (Å²) in [6.45, 7) is 2.93. The number of rotatable bonds is 5. The predicted molar refractivity (Wildman–Crippen MR) is 80.9 cm³/mol. The maximum absolute atomic E-state index is 12.6. The Morgan fingerprint density at radius 3 is 2.55 bits per heavy atom. The fraction of sp³-hybridized carbons (Fsp3) is 0.750. The van der Waals surface area contributed by atoms with E-state index in [4.69, 9.17) is 5.11 Å². The van der Waals surface area contributed by atoms with Gasteiger partial charge >= 0.3 is 0 Å². The van der Waals surface area contributed by atoms with Crippen LogP contribution in [0.5, 0.6) is 0 Å². The molecule has 0 saturated carbocycles. The summed E-state index contributed by atoms with van der Waals surface area (Å²) in [5, 5.41) is 13.2. The monoisotopic (exact) mass is 351 g/mol. The van der Waals surface area contributed by atoms with Gasteiger partial charge in [-0.2, -0.15) is 9.40 Å². The molecule has 0 amide bonds. The first-order valence-corrected chi connectivity index (χ1v) is 10.2. The lowest BCUT2D eigenvalue weighted by atomic mass is 10.2. The maximum atomic E-state index is 12.6. The molecule has 0 unspecified atom stereocenters. The Kier molecular flexibility index (Phi) is 4.67. The summed E-state index contributed by atoms with van der Waals surface area (Å²) >= 11 is 0. The van der Waals surface area contributed by atoms with Gasteiger partial charge in [-0.15, -0.1) is 0 Å². The average molecular weight is 351 g/mol. The van der Waals surface area contributed by atoms with Crippen LogP contribution in [0.1, 0.15) is 23.9 Å². The minimum Gasteiger partial charge on any atom is -0.395 e. The number of aryl methyl sites for hydroxylation is 1. The molecule has 126 valence electrons. The normalized spacial score (nSPS) is 21.6. The summed E-state index contributed by atoms with van der Waals surface area (Å²) in [5.41, 5.74) is 0.774. The lowest BCUT2D eigenvalue weighted by Crippen LogP contribution is -2.30. The Morgan fingerprint density at radius 2 is 2.05 bits per heavy atom. The largest absolute Gasteiger partial charge is 0.395 e. The Labute approximate surface area is 130 Å². The number of hydrogen-bond donors (Lipinski definition) is 1. The van der Waals surface area contributed by atoms with E-state index in [0.29, 0.717) is 17.8 Å². The van der Waals surface area contributed by atoms with Gasteiger partial charge in [0.05, 0.1) is 35.5 Å². The van der Waals surface area contributed by atoms with Gasteiger partial charge in [0, 0.05) is 13.6 Å². The van der Waals surface area contributed by atoms with Crippen molar-refractivity contribution in [3.05, 3.63) is 11.4 Å². The molecular formula is C12H21N3O5S2. The highest BCUT2D eigenvalue weighted by atomic mass is 32.2. The minimum atomic E-state index is -3.76. The third-order valence-corrected chi connectivity index (χ3v) is 7.76. The van der Waals surface area contributed by atoms with Crippen LogP contribution in [0.4, 0.5) is 0 Å². The van der Waals surface area contributed by atoms with E-state index in [-0.39, 0.29) is 35.6 Å². The van der Waals surface area contributed by atoms with Crippen molar-refractivity contribution in [3.63, 3.8) is 0 Å². The zero-order chi connectivity index (χ0) is 16.7. The molecule has 1 atom stereocenters. The lowest BCUT2D eigenvalue weighted by Gasteiger charge is -2.16. The molecule has 0 aromatic carbocycles. The van der Waals surface area contributed by atoms with Crippen LogP contribution in [0.15, 0.2) is 4.90 Å². The molecule has 2 rings (SSSR count). The molecule has 0 aliphatic carbocycles. The van der Waals surface area contributed by atoms with E-state index in [2.05, 4.69) is 5.10 Å². The summed E-state index contributed by atoms with van der Waals surface area (Å²) in [4.78, 5) is 0.0905. The van der Waals surface area contributed by atoms with E-state index in [1.54, 1.807) is 13.8 Å². The lowest BCUT2D eigenvalue weighted by molar-refractivity contribution is 0.266. The zero-order valence-electron chi connectivity index (χ0n) is 12.9. The molecule has 0 spiro atoms. The smallest absolute Gasteiger partial charge is 0.246 e. The van der Waals surface area contributed by atoms with Crippen molar-refractivity contribution < 1.29 is 21.9 Å². The molecule has 1 aliphatic rings. The second-order valence-corrected chi connectivity index (χ2v) is 9.76. The van der Waals surface area contributed by atoms with Crippen molar-refractivity contribution in [1.82, 2.24) is 14.1 Å². The molecule has 1 aromatic heterocycles. The molecule has 1 fully saturated rings. The van der Waals surface area contributed by atoms with Crippen molar-refractivity contribution >= 4 is 19.9 Å². The minimum absolute atomic E-state index is 0.00972. The van der Waals surface area contributed by atoms with Crippen molar-refractivity contribution in [2.24, 2.45) is 0 Å². The summed E-state index contributed by atoms with van der Waals surface area (Å²) in [5.74, 6) is 0.0867. The van der Waals surface area contributed by atoms with E-state index in [9.17, 15) is 16.8 Å². The van der Waals surface area contributed by atoms with Crippen LogP contribution in [0.25, 0.3) is 0 Å². The van der Waals surface area contributed by atoms with Gasteiger partial charge in [-0.3, -0.25) is 4.68 Å². The summed E-state index contributed by atoms with van der Waals surface area (Å²) in [7, 11) is -5.45. The van der Waals surface area contributed by atoms with Gasteiger partial charge in [0.1, 0.15) is 4.90 Å². The van der Waals surface area contributed by atoms with Crippen molar-refractivity contribution in [2.75, 3.05) is 31.7 Å². The zero-order valence-corrected chi connectivity index (χ0v) is 14.5. The first kappa shape index (κ1) is 17.4. The second kappa shape index (κ2) is 5.91. The van der Waals surface area contributed by atoms with Gasteiger partial charge in [-0.05, 0) is 20.3 Å². The first-order valence-electron chi connectivity index (χ1n) is 6.93. The number of likely N-dealkylation sites (N-methyl/N-ethyl adjacent to an activating group) is 1. The Morgan fingerprint density at radius 1 is 1.41 bits per heavy atom. The molecule has 1 saturated heterocycles. The first-order chi connectivity index (χ1) is 10.1. The van der Waals surface area contributed by atoms with Gasteiger partial charge < -0.3 is 5.11 Å². The van der Waals surface area contributed by atoms with Gasteiger partial charge in [0.15, 0.2) is 9.84 Å².